The number of aromatic nitrogens is 2. The van der Waals surface area contributed by atoms with E-state index in [0.717, 1.165) is 11.3 Å². The van der Waals surface area contributed by atoms with Gasteiger partial charge >= 0.3 is 6.36 Å². The fourth-order valence-corrected chi connectivity index (χ4v) is 2.85. The van der Waals surface area contributed by atoms with Crippen LogP contribution in [0.3, 0.4) is 0 Å². The number of halogens is 3. The van der Waals surface area contributed by atoms with Gasteiger partial charge in [-0.2, -0.15) is 5.10 Å². The highest BCUT2D eigenvalue weighted by atomic mass is 19.4. The zero-order valence-corrected chi connectivity index (χ0v) is 14.7. The zero-order chi connectivity index (χ0) is 19.7. The van der Waals surface area contributed by atoms with Gasteiger partial charge in [-0.25, -0.2) is 0 Å². The molecule has 1 aromatic heterocycles. The van der Waals surface area contributed by atoms with Crippen molar-refractivity contribution in [3.05, 3.63) is 53.9 Å². The maximum absolute atomic E-state index is 12.4. The molecule has 1 aromatic carbocycles. The molecule has 6 nitrogen and oxygen atoms in total. The molecule has 0 saturated carbocycles. The van der Waals surface area contributed by atoms with Crippen LogP contribution < -0.4 is 4.74 Å². The van der Waals surface area contributed by atoms with Crippen LogP contribution in [0.4, 0.5) is 13.2 Å². The largest absolute Gasteiger partial charge is 0.573 e. The monoisotopic (exact) mass is 380 g/mol. The van der Waals surface area contributed by atoms with Gasteiger partial charge < -0.3 is 14.7 Å². The summed E-state index contributed by atoms with van der Waals surface area (Å²) in [5, 5.41) is 17.0. The zero-order valence-electron chi connectivity index (χ0n) is 14.7. The molecule has 2 N–H and O–H groups in total. The molecule has 0 saturated heterocycles. The van der Waals surface area contributed by atoms with Gasteiger partial charge in [0.05, 0.1) is 11.8 Å². The lowest BCUT2D eigenvalue weighted by molar-refractivity contribution is -0.274. The number of ether oxygens (including phenoxy) is 1. The molecule has 9 heteroatoms. The number of aliphatic imine (C=N–C) groups is 1. The minimum absolute atomic E-state index is 0.257. The van der Waals surface area contributed by atoms with E-state index in [4.69, 9.17) is 0 Å². The summed E-state index contributed by atoms with van der Waals surface area (Å²) in [5.74, 6) is -0.295. The molecule has 0 radical (unpaired) electrons. The van der Waals surface area contributed by atoms with E-state index in [9.17, 15) is 18.3 Å². The second-order valence-corrected chi connectivity index (χ2v) is 6.77. The Morgan fingerprint density at radius 1 is 1.22 bits per heavy atom. The molecule has 0 bridgehead atoms. The van der Waals surface area contributed by atoms with E-state index in [0.29, 0.717) is 5.56 Å². The average Bonchev–Trinajstić information content (AvgIpc) is 3.07. The first-order valence-corrected chi connectivity index (χ1v) is 8.20. The molecule has 0 amide bonds. The maximum atomic E-state index is 12.4. The summed E-state index contributed by atoms with van der Waals surface area (Å²) in [4.78, 5) is 6.34. The van der Waals surface area contributed by atoms with E-state index in [-0.39, 0.29) is 12.3 Å². The van der Waals surface area contributed by atoms with Crippen molar-refractivity contribution in [3.63, 3.8) is 0 Å². The van der Waals surface area contributed by atoms with Crippen LogP contribution in [0.25, 0.3) is 5.70 Å². The number of β-amino-alcohol motifs (C(OH)–C–C–N with tert-alkyl or cyclic N) is 1. The van der Waals surface area contributed by atoms with Crippen LogP contribution in [-0.4, -0.2) is 44.9 Å². The van der Waals surface area contributed by atoms with Gasteiger partial charge in [0.15, 0.2) is 0 Å². The lowest BCUT2D eigenvalue weighted by Gasteiger charge is -2.38. The Morgan fingerprint density at radius 2 is 1.93 bits per heavy atom. The first kappa shape index (κ1) is 19.0. The van der Waals surface area contributed by atoms with E-state index in [1.807, 2.05) is 4.90 Å². The highest BCUT2D eigenvalue weighted by Gasteiger charge is 2.32. The summed E-state index contributed by atoms with van der Waals surface area (Å²) < 4.78 is 41.0. The van der Waals surface area contributed by atoms with Crippen molar-refractivity contribution in [2.24, 2.45) is 4.99 Å². The van der Waals surface area contributed by atoms with E-state index < -0.39 is 18.1 Å². The van der Waals surface area contributed by atoms with Crippen LogP contribution in [0.1, 0.15) is 31.1 Å². The Kier molecular flexibility index (Phi) is 4.97. The van der Waals surface area contributed by atoms with Crippen LogP contribution in [0.15, 0.2) is 47.7 Å². The summed E-state index contributed by atoms with van der Waals surface area (Å²) >= 11 is 0. The Labute approximate surface area is 154 Å². The SMILES string of the molecule is CC(C)(O)CN1C(c2ccc(OC(F)(F)F)cc2)=CC=NC1c1cn[nH]c1. The quantitative estimate of drug-likeness (QED) is 0.833. The van der Waals surface area contributed by atoms with Crippen molar-refractivity contribution in [1.82, 2.24) is 15.1 Å². The number of hydrogen-bond donors (Lipinski definition) is 2. The average molecular weight is 380 g/mol. The molecule has 27 heavy (non-hydrogen) atoms. The molecule has 1 unspecified atom stereocenters. The number of aliphatic hydroxyl groups is 1. The molecule has 1 aliphatic heterocycles. The molecule has 144 valence electrons. The predicted octanol–water partition coefficient (Wildman–Crippen LogP) is 3.51. The van der Waals surface area contributed by atoms with Gasteiger partial charge in [0, 0.05) is 30.2 Å². The topological polar surface area (TPSA) is 73.7 Å². The second kappa shape index (κ2) is 7.07. The lowest BCUT2D eigenvalue weighted by Crippen LogP contribution is -2.40. The number of alkyl halides is 3. The second-order valence-electron chi connectivity index (χ2n) is 6.77. The molecule has 1 aliphatic rings. The van der Waals surface area contributed by atoms with Gasteiger partial charge in [0.2, 0.25) is 0 Å². The van der Waals surface area contributed by atoms with Crippen molar-refractivity contribution in [3.8, 4) is 5.75 Å². The Balaban J connectivity index is 1.92. The van der Waals surface area contributed by atoms with E-state index in [1.165, 1.54) is 24.3 Å². The Bertz CT molecular complexity index is 822. The van der Waals surface area contributed by atoms with Gasteiger partial charge in [-0.1, -0.05) is 0 Å². The van der Waals surface area contributed by atoms with Crippen LogP contribution in [0.5, 0.6) is 5.75 Å². The molecular formula is C18H19F3N4O2. The third kappa shape index (κ3) is 4.88. The third-order valence-electron chi connectivity index (χ3n) is 3.82. The maximum Gasteiger partial charge on any atom is 0.573 e. The summed E-state index contributed by atoms with van der Waals surface area (Å²) in [6.07, 6.45) is 1.58. The molecule has 3 rings (SSSR count). The first-order chi connectivity index (χ1) is 12.6. The van der Waals surface area contributed by atoms with Crippen LogP contribution in [-0.2, 0) is 0 Å². The van der Waals surface area contributed by atoms with Gasteiger partial charge in [-0.15, -0.1) is 13.2 Å². The molecule has 0 spiro atoms. The van der Waals surface area contributed by atoms with Crippen molar-refractivity contribution in [2.45, 2.75) is 32.0 Å². The fraction of sp³-hybridized carbons (Fsp3) is 0.333. The van der Waals surface area contributed by atoms with E-state index in [2.05, 4.69) is 19.9 Å². The predicted molar refractivity (Wildman–Crippen MR) is 93.9 cm³/mol. The Hall–Kier alpha value is -2.81. The van der Waals surface area contributed by atoms with Gasteiger partial charge in [0.25, 0.3) is 0 Å². The smallest absolute Gasteiger partial charge is 0.406 e. The molecule has 0 fully saturated rings. The summed E-state index contributed by atoms with van der Waals surface area (Å²) in [6, 6.07) is 5.58. The molecule has 0 aliphatic carbocycles. The van der Waals surface area contributed by atoms with Crippen LogP contribution in [0.2, 0.25) is 0 Å². The van der Waals surface area contributed by atoms with Crippen molar-refractivity contribution in [2.75, 3.05) is 6.54 Å². The standard InChI is InChI=1S/C18H19F3N4O2/c1-17(2,26)11-25-15(7-8-22-16(25)13-9-23-24-10-13)12-3-5-14(6-4-12)27-18(19,20)21/h3-10,16,26H,11H2,1-2H3,(H,23,24). The number of rotatable bonds is 5. The third-order valence-corrected chi connectivity index (χ3v) is 3.82. The summed E-state index contributed by atoms with van der Waals surface area (Å²) in [5.41, 5.74) is 1.18. The van der Waals surface area contributed by atoms with E-state index >= 15 is 0 Å². The summed E-state index contributed by atoms with van der Waals surface area (Å²) in [7, 11) is 0. The van der Waals surface area contributed by atoms with Crippen molar-refractivity contribution >= 4 is 11.9 Å². The number of nitrogens with zero attached hydrogens (tertiary/aromatic N) is 3. The van der Waals surface area contributed by atoms with E-state index in [1.54, 1.807) is 38.5 Å². The number of hydrogen-bond acceptors (Lipinski definition) is 5. The number of allylic oxidation sites excluding steroid dienone is 1. The van der Waals surface area contributed by atoms with Crippen LogP contribution >= 0.6 is 0 Å². The highest BCUT2D eigenvalue weighted by Crippen LogP contribution is 2.35. The highest BCUT2D eigenvalue weighted by molar-refractivity contribution is 5.86. The van der Waals surface area contributed by atoms with Crippen molar-refractivity contribution in [1.29, 1.82) is 0 Å². The van der Waals surface area contributed by atoms with Crippen LogP contribution in [0, 0.1) is 0 Å². The number of H-pyrrole nitrogens is 1. The molecule has 1 atom stereocenters. The number of benzene rings is 1. The molecule has 2 heterocycles. The minimum atomic E-state index is -4.74. The normalized spacial score (nSPS) is 17.8. The number of nitrogens with one attached hydrogen (secondary N) is 1. The first-order valence-electron chi connectivity index (χ1n) is 8.20. The fourth-order valence-electron chi connectivity index (χ4n) is 2.85. The Morgan fingerprint density at radius 3 is 2.48 bits per heavy atom. The number of aromatic amines is 1. The van der Waals surface area contributed by atoms with Gasteiger partial charge in [0.1, 0.15) is 11.9 Å². The van der Waals surface area contributed by atoms with Crippen molar-refractivity contribution < 1.29 is 23.0 Å². The molecular weight excluding hydrogens is 361 g/mol. The van der Waals surface area contributed by atoms with Gasteiger partial charge in [-0.3, -0.25) is 10.1 Å². The minimum Gasteiger partial charge on any atom is -0.406 e. The summed E-state index contributed by atoms with van der Waals surface area (Å²) in [6.45, 7) is 3.61. The lowest BCUT2D eigenvalue weighted by atomic mass is 10.0. The molecule has 2 aromatic rings. The van der Waals surface area contributed by atoms with Gasteiger partial charge in [-0.05, 0) is 49.8 Å².